The van der Waals surface area contributed by atoms with Gasteiger partial charge in [0.2, 0.25) is 0 Å². The lowest BCUT2D eigenvalue weighted by Gasteiger charge is -2.19. The van der Waals surface area contributed by atoms with Crippen LogP contribution in [0.4, 0.5) is 0 Å². The van der Waals surface area contributed by atoms with Crippen LogP contribution in [0.15, 0.2) is 41.7 Å². The highest BCUT2D eigenvalue weighted by Gasteiger charge is 2.28. The molecule has 2 atom stereocenters. The van der Waals surface area contributed by atoms with Gasteiger partial charge in [-0.25, -0.2) is 4.98 Å². The number of allylic oxidation sites excluding steroid dienone is 1. The first-order valence-corrected chi connectivity index (χ1v) is 11.0. The largest absolute Gasteiger partial charge is 0.393 e. The number of rotatable bonds is 6. The number of nitrogens with one attached hydrogen (secondary N) is 2. The fourth-order valence-corrected chi connectivity index (χ4v) is 4.54. The smallest absolute Gasteiger partial charge is 0.261 e. The molecule has 0 bridgehead atoms. The van der Waals surface area contributed by atoms with E-state index in [1.54, 1.807) is 24.1 Å². The van der Waals surface area contributed by atoms with E-state index in [4.69, 9.17) is 5.41 Å². The normalized spacial score (nSPS) is 18.8. The molecule has 2 heterocycles. The second kappa shape index (κ2) is 9.04. The fraction of sp³-hybridized carbons (Fsp3) is 0.360. The van der Waals surface area contributed by atoms with Gasteiger partial charge in [-0.05, 0) is 73.9 Å². The number of aliphatic hydroxyl groups is 1. The number of nitrogens with zero attached hydrogens (tertiary/aromatic N) is 3. The van der Waals surface area contributed by atoms with Gasteiger partial charge in [0.1, 0.15) is 0 Å². The van der Waals surface area contributed by atoms with E-state index in [2.05, 4.69) is 22.2 Å². The molecule has 32 heavy (non-hydrogen) atoms. The number of hydrogen-bond donors (Lipinski definition) is 3. The first-order valence-electron chi connectivity index (χ1n) is 11.0. The third-order valence-corrected chi connectivity index (χ3v) is 6.52. The molecule has 2 aromatic heterocycles. The summed E-state index contributed by atoms with van der Waals surface area (Å²) in [5, 5.41) is 21.4. The van der Waals surface area contributed by atoms with Crippen molar-refractivity contribution >= 4 is 22.7 Å². The van der Waals surface area contributed by atoms with Crippen LogP contribution in [0.25, 0.3) is 16.5 Å². The zero-order valence-corrected chi connectivity index (χ0v) is 18.7. The van der Waals surface area contributed by atoms with Gasteiger partial charge in [0.15, 0.2) is 0 Å². The molecule has 4 rings (SSSR count). The van der Waals surface area contributed by atoms with Crippen LogP contribution in [0.5, 0.6) is 0 Å². The molecule has 1 fully saturated rings. The number of fused-ring (bicyclic) bond motifs is 1. The summed E-state index contributed by atoms with van der Waals surface area (Å²) in [6, 6.07) is 5.66. The highest BCUT2D eigenvalue weighted by atomic mass is 16.3. The summed E-state index contributed by atoms with van der Waals surface area (Å²) in [6.45, 7) is 4.06. The highest BCUT2D eigenvalue weighted by molar-refractivity contribution is 6.07. The minimum atomic E-state index is -0.495. The molecule has 0 radical (unpaired) electrons. The van der Waals surface area contributed by atoms with Gasteiger partial charge in [-0.3, -0.25) is 14.3 Å². The quantitative estimate of drug-likeness (QED) is 0.520. The van der Waals surface area contributed by atoms with E-state index in [0.29, 0.717) is 17.4 Å². The number of aliphatic hydroxyl groups excluding tert-OH is 1. The molecule has 0 amide bonds. The molecule has 1 saturated carbocycles. The third kappa shape index (κ3) is 3.96. The maximum absolute atomic E-state index is 13.3. The Hall–Kier alpha value is -3.32. The topological polar surface area (TPSA) is 104 Å². The molecule has 0 saturated heterocycles. The second-order valence-electron chi connectivity index (χ2n) is 8.47. The summed E-state index contributed by atoms with van der Waals surface area (Å²) in [6.07, 6.45) is 9.01. The number of aryl methyl sites for hydroxylation is 1. The highest BCUT2D eigenvalue weighted by Crippen LogP contribution is 2.30. The molecule has 3 N–H and O–H groups in total. The van der Waals surface area contributed by atoms with Crippen LogP contribution in [0.3, 0.4) is 0 Å². The van der Waals surface area contributed by atoms with Crippen LogP contribution in [0.1, 0.15) is 53.3 Å². The lowest BCUT2D eigenvalue weighted by Crippen LogP contribution is -2.29. The maximum atomic E-state index is 13.3. The molecule has 1 aliphatic rings. The molecular weight excluding hydrogens is 402 g/mol. The van der Waals surface area contributed by atoms with Crippen LogP contribution in [-0.4, -0.2) is 39.0 Å². The monoisotopic (exact) mass is 431 g/mol. The Labute approximate surface area is 187 Å². The molecule has 1 aliphatic carbocycles. The second-order valence-corrected chi connectivity index (χ2v) is 8.47. The molecule has 0 spiro atoms. The predicted octanol–water partition coefficient (Wildman–Crippen LogP) is 3.29. The van der Waals surface area contributed by atoms with Crippen molar-refractivity contribution < 1.29 is 5.11 Å². The van der Waals surface area contributed by atoms with Crippen molar-refractivity contribution in [1.29, 1.82) is 5.41 Å². The summed E-state index contributed by atoms with van der Waals surface area (Å²) in [5.74, 6) is 0. The van der Waals surface area contributed by atoms with Crippen molar-refractivity contribution in [1.82, 2.24) is 19.9 Å². The number of pyridine rings is 1. The van der Waals surface area contributed by atoms with Gasteiger partial charge in [0, 0.05) is 31.2 Å². The SMILES string of the molecule is CN/C=C(\C=N)c1ccc(Cc2cc3c(=O)n([C@H]4CCC[C@@H]4O)cnc3c(C)c2C)cn1. The minimum absolute atomic E-state index is 0.0911. The van der Waals surface area contributed by atoms with E-state index < -0.39 is 6.10 Å². The molecule has 7 nitrogen and oxygen atoms in total. The van der Waals surface area contributed by atoms with Gasteiger partial charge in [-0.2, -0.15) is 0 Å². The Bertz CT molecular complexity index is 1240. The Morgan fingerprint density at radius 2 is 2.09 bits per heavy atom. The average molecular weight is 432 g/mol. The van der Waals surface area contributed by atoms with Crippen molar-refractivity contribution in [3.63, 3.8) is 0 Å². The summed E-state index contributed by atoms with van der Waals surface area (Å²) in [4.78, 5) is 22.4. The summed E-state index contributed by atoms with van der Waals surface area (Å²) in [5.41, 5.74) is 6.27. The van der Waals surface area contributed by atoms with Gasteiger partial charge in [-0.1, -0.05) is 6.07 Å². The molecule has 0 unspecified atom stereocenters. The Kier molecular flexibility index (Phi) is 6.19. The molecule has 166 valence electrons. The van der Waals surface area contributed by atoms with Crippen molar-refractivity contribution in [2.75, 3.05) is 7.05 Å². The summed E-state index contributed by atoms with van der Waals surface area (Å²) in [7, 11) is 1.79. The van der Waals surface area contributed by atoms with E-state index in [-0.39, 0.29) is 11.6 Å². The zero-order chi connectivity index (χ0) is 22.8. The molecule has 0 aliphatic heterocycles. The summed E-state index contributed by atoms with van der Waals surface area (Å²) < 4.78 is 1.61. The molecule has 1 aromatic carbocycles. The van der Waals surface area contributed by atoms with E-state index in [1.807, 2.05) is 31.3 Å². The average Bonchev–Trinajstić information content (AvgIpc) is 3.22. The maximum Gasteiger partial charge on any atom is 0.261 e. The fourth-order valence-electron chi connectivity index (χ4n) is 4.54. The lowest BCUT2D eigenvalue weighted by molar-refractivity contribution is 0.134. The standard InChI is InChI=1S/C25H29N5O2/c1-15-16(2)24-20(25(32)30(14-29-24)22-5-4-6-23(22)31)10-18(15)9-17-7-8-21(28-12-17)19(11-26)13-27-3/h7-8,10-14,22-23,26-27,31H,4-6,9H2,1-3H3/b19-13+,26-11?/t22-,23-/m0/s1. The van der Waals surface area contributed by atoms with Crippen LogP contribution in [-0.2, 0) is 6.42 Å². The van der Waals surface area contributed by atoms with Crippen LogP contribution >= 0.6 is 0 Å². The number of hydrogen-bond acceptors (Lipinski definition) is 6. The third-order valence-electron chi connectivity index (χ3n) is 6.52. The molecule has 3 aromatic rings. The van der Waals surface area contributed by atoms with Gasteiger partial charge in [0.05, 0.1) is 35.1 Å². The van der Waals surface area contributed by atoms with E-state index in [9.17, 15) is 9.90 Å². The summed E-state index contributed by atoms with van der Waals surface area (Å²) >= 11 is 0. The lowest BCUT2D eigenvalue weighted by atomic mass is 9.95. The first kappa shape index (κ1) is 21.9. The van der Waals surface area contributed by atoms with Gasteiger partial charge in [-0.15, -0.1) is 0 Å². The van der Waals surface area contributed by atoms with Crippen LogP contribution in [0, 0.1) is 19.3 Å². The van der Waals surface area contributed by atoms with Gasteiger partial charge in [0.25, 0.3) is 5.56 Å². The number of benzene rings is 1. The van der Waals surface area contributed by atoms with E-state index in [0.717, 1.165) is 52.7 Å². The Balaban J connectivity index is 1.72. The van der Waals surface area contributed by atoms with Crippen LogP contribution in [0.2, 0.25) is 0 Å². The Morgan fingerprint density at radius 3 is 2.72 bits per heavy atom. The first-order chi connectivity index (χ1) is 15.4. The van der Waals surface area contributed by atoms with Crippen LogP contribution < -0.4 is 10.9 Å². The molecular formula is C25H29N5O2. The van der Waals surface area contributed by atoms with Crippen molar-refractivity contribution in [2.45, 2.75) is 51.7 Å². The van der Waals surface area contributed by atoms with Crippen molar-refractivity contribution in [3.05, 3.63) is 75.2 Å². The zero-order valence-electron chi connectivity index (χ0n) is 18.7. The minimum Gasteiger partial charge on any atom is -0.393 e. The Morgan fingerprint density at radius 1 is 1.28 bits per heavy atom. The van der Waals surface area contributed by atoms with E-state index in [1.165, 1.54) is 6.21 Å². The van der Waals surface area contributed by atoms with Gasteiger partial charge >= 0.3 is 0 Å². The number of aromatic nitrogens is 3. The van der Waals surface area contributed by atoms with Crippen molar-refractivity contribution in [2.24, 2.45) is 0 Å². The predicted molar refractivity (Wildman–Crippen MR) is 127 cm³/mol. The molecule has 7 heteroatoms. The van der Waals surface area contributed by atoms with E-state index >= 15 is 0 Å². The van der Waals surface area contributed by atoms with Crippen molar-refractivity contribution in [3.8, 4) is 0 Å². The van der Waals surface area contributed by atoms with Gasteiger partial charge < -0.3 is 15.8 Å².